The van der Waals surface area contributed by atoms with Crippen molar-refractivity contribution < 1.29 is 9.90 Å². The summed E-state index contributed by atoms with van der Waals surface area (Å²) in [6.45, 7) is 2.07. The van der Waals surface area contributed by atoms with Gasteiger partial charge in [-0.15, -0.1) is 12.4 Å². The maximum atomic E-state index is 12.3. The Morgan fingerprint density at radius 2 is 2.05 bits per heavy atom. The molecule has 1 saturated carbocycles. The third-order valence-corrected chi connectivity index (χ3v) is 5.31. The molecule has 6 heteroatoms. The number of aliphatic hydroxyl groups is 1. The molecule has 1 aromatic heterocycles. The number of halogens is 1. The summed E-state index contributed by atoms with van der Waals surface area (Å²) in [7, 11) is 0. The lowest BCUT2D eigenvalue weighted by atomic mass is 9.71. The first-order valence-electron chi connectivity index (χ1n) is 7.46. The van der Waals surface area contributed by atoms with Crippen LogP contribution in [0.5, 0.6) is 0 Å². The number of hydrogen-bond acceptors (Lipinski definition) is 4. The largest absolute Gasteiger partial charge is 0.393 e. The predicted molar refractivity (Wildman–Crippen MR) is 87.1 cm³/mol. The Bertz CT molecular complexity index is 443. The van der Waals surface area contributed by atoms with Gasteiger partial charge in [0.15, 0.2) is 0 Å². The minimum Gasteiger partial charge on any atom is -0.393 e. The number of amides is 1. The zero-order chi connectivity index (χ0) is 13.9. The van der Waals surface area contributed by atoms with Crippen LogP contribution < -0.4 is 10.6 Å². The lowest BCUT2D eigenvalue weighted by Gasteiger charge is -2.43. The van der Waals surface area contributed by atoms with Crippen LogP contribution in [-0.4, -0.2) is 36.2 Å². The predicted octanol–water partition coefficient (Wildman–Crippen LogP) is 2.04. The van der Waals surface area contributed by atoms with Crippen molar-refractivity contribution >= 4 is 29.7 Å². The Kier molecular flexibility index (Phi) is 6.05. The SMILES string of the molecule is Cl.O=C(NC(C1CCNCC1)C1CC(O)C1)c1ccsc1. The van der Waals surface area contributed by atoms with Crippen molar-refractivity contribution in [3.63, 3.8) is 0 Å². The molecule has 1 unspecified atom stereocenters. The molecular weight excluding hydrogens is 308 g/mol. The normalized spacial score (nSPS) is 27.3. The summed E-state index contributed by atoms with van der Waals surface area (Å²) >= 11 is 1.55. The Balaban J connectivity index is 0.00000161. The highest BCUT2D eigenvalue weighted by Crippen LogP contribution is 2.35. The van der Waals surface area contributed by atoms with E-state index in [1.54, 1.807) is 11.3 Å². The van der Waals surface area contributed by atoms with Gasteiger partial charge in [-0.3, -0.25) is 4.79 Å². The number of carbonyl (C=O) groups excluding carboxylic acids is 1. The highest BCUT2D eigenvalue weighted by Gasteiger charge is 2.39. The van der Waals surface area contributed by atoms with E-state index in [2.05, 4.69) is 10.6 Å². The fourth-order valence-corrected chi connectivity index (χ4v) is 4.01. The van der Waals surface area contributed by atoms with E-state index in [1.165, 1.54) is 0 Å². The summed E-state index contributed by atoms with van der Waals surface area (Å²) < 4.78 is 0. The van der Waals surface area contributed by atoms with E-state index in [-0.39, 0.29) is 30.5 Å². The smallest absolute Gasteiger partial charge is 0.252 e. The quantitative estimate of drug-likeness (QED) is 0.791. The van der Waals surface area contributed by atoms with Crippen molar-refractivity contribution in [1.82, 2.24) is 10.6 Å². The number of nitrogens with one attached hydrogen (secondary N) is 2. The maximum Gasteiger partial charge on any atom is 0.252 e. The minimum absolute atomic E-state index is 0. The number of hydrogen-bond donors (Lipinski definition) is 3. The third kappa shape index (κ3) is 3.97. The van der Waals surface area contributed by atoms with Crippen molar-refractivity contribution in [3.8, 4) is 0 Å². The van der Waals surface area contributed by atoms with Gasteiger partial charge in [0, 0.05) is 17.0 Å². The lowest BCUT2D eigenvalue weighted by molar-refractivity contribution is 0.00919. The van der Waals surface area contributed by atoms with Gasteiger partial charge in [0.05, 0.1) is 6.10 Å². The second kappa shape index (κ2) is 7.58. The van der Waals surface area contributed by atoms with Gasteiger partial charge in [-0.05, 0) is 62.1 Å². The monoisotopic (exact) mass is 330 g/mol. The number of thiophene rings is 1. The van der Waals surface area contributed by atoms with Gasteiger partial charge in [-0.2, -0.15) is 11.3 Å². The highest BCUT2D eigenvalue weighted by atomic mass is 35.5. The van der Waals surface area contributed by atoms with Gasteiger partial charge >= 0.3 is 0 Å². The molecule has 4 nitrogen and oxygen atoms in total. The summed E-state index contributed by atoms with van der Waals surface area (Å²) in [5.74, 6) is 1.02. The van der Waals surface area contributed by atoms with Gasteiger partial charge in [-0.1, -0.05) is 0 Å². The van der Waals surface area contributed by atoms with Gasteiger partial charge in [0.25, 0.3) is 5.91 Å². The maximum absolute atomic E-state index is 12.3. The van der Waals surface area contributed by atoms with Crippen LogP contribution in [-0.2, 0) is 0 Å². The molecule has 3 N–H and O–H groups in total. The summed E-state index contributed by atoms with van der Waals surface area (Å²) in [5.41, 5.74) is 0.758. The Labute approximate surface area is 135 Å². The molecule has 21 heavy (non-hydrogen) atoms. The van der Waals surface area contributed by atoms with E-state index in [1.807, 2.05) is 16.8 Å². The zero-order valence-corrected chi connectivity index (χ0v) is 13.6. The van der Waals surface area contributed by atoms with Crippen molar-refractivity contribution in [2.45, 2.75) is 37.8 Å². The molecule has 0 spiro atoms. The third-order valence-electron chi connectivity index (χ3n) is 4.63. The minimum atomic E-state index is -0.165. The zero-order valence-electron chi connectivity index (χ0n) is 12.0. The summed E-state index contributed by atoms with van der Waals surface area (Å²) in [6, 6.07) is 2.09. The molecule has 1 amide bonds. The van der Waals surface area contributed by atoms with E-state index in [4.69, 9.17) is 0 Å². The fraction of sp³-hybridized carbons (Fsp3) is 0.667. The molecule has 118 valence electrons. The molecule has 3 rings (SSSR count). The first-order chi connectivity index (χ1) is 9.74. The number of rotatable bonds is 4. The highest BCUT2D eigenvalue weighted by molar-refractivity contribution is 7.08. The van der Waals surface area contributed by atoms with Crippen LogP contribution in [0, 0.1) is 11.8 Å². The summed E-state index contributed by atoms with van der Waals surface area (Å²) in [6.07, 6.45) is 3.72. The van der Waals surface area contributed by atoms with Gasteiger partial charge in [0.2, 0.25) is 0 Å². The van der Waals surface area contributed by atoms with Crippen LogP contribution in [0.1, 0.15) is 36.0 Å². The van der Waals surface area contributed by atoms with E-state index in [9.17, 15) is 9.90 Å². The molecule has 0 bridgehead atoms. The topological polar surface area (TPSA) is 61.4 Å². The second-order valence-corrected chi connectivity index (χ2v) is 6.76. The Morgan fingerprint density at radius 3 is 2.62 bits per heavy atom. The number of aliphatic hydroxyl groups excluding tert-OH is 1. The van der Waals surface area contributed by atoms with Crippen LogP contribution in [0.4, 0.5) is 0 Å². The van der Waals surface area contributed by atoms with E-state index in [0.29, 0.717) is 11.8 Å². The van der Waals surface area contributed by atoms with Crippen LogP contribution in [0.25, 0.3) is 0 Å². The molecule has 2 fully saturated rings. The standard InChI is InChI=1S/C15H22N2O2S.ClH/c18-13-7-12(8-13)14(10-1-4-16-5-2-10)17-15(19)11-3-6-20-9-11;/h3,6,9-10,12-14,16,18H,1-2,4-5,7-8H2,(H,17,19);1H. The van der Waals surface area contributed by atoms with Gasteiger partial charge in [-0.25, -0.2) is 0 Å². The molecular formula is C15H23ClN2O2S. The second-order valence-electron chi connectivity index (χ2n) is 5.98. The molecule has 1 saturated heterocycles. The van der Waals surface area contributed by atoms with Crippen LogP contribution in [0.3, 0.4) is 0 Å². The average Bonchev–Trinajstić information content (AvgIpc) is 2.97. The number of piperidine rings is 1. The van der Waals surface area contributed by atoms with E-state index in [0.717, 1.165) is 44.3 Å². The van der Waals surface area contributed by atoms with Crippen LogP contribution in [0.15, 0.2) is 16.8 Å². The van der Waals surface area contributed by atoms with Crippen molar-refractivity contribution in [2.24, 2.45) is 11.8 Å². The Morgan fingerprint density at radius 1 is 1.33 bits per heavy atom. The molecule has 1 aliphatic carbocycles. The van der Waals surface area contributed by atoms with Crippen molar-refractivity contribution in [2.75, 3.05) is 13.1 Å². The van der Waals surface area contributed by atoms with Crippen LogP contribution in [0.2, 0.25) is 0 Å². The van der Waals surface area contributed by atoms with Gasteiger partial charge < -0.3 is 15.7 Å². The average molecular weight is 331 g/mol. The lowest BCUT2D eigenvalue weighted by Crippen LogP contribution is -2.52. The molecule has 2 aliphatic rings. The van der Waals surface area contributed by atoms with E-state index >= 15 is 0 Å². The molecule has 1 aliphatic heterocycles. The molecule has 1 aromatic rings. The molecule has 0 radical (unpaired) electrons. The Hall–Kier alpha value is -0.620. The first-order valence-corrected chi connectivity index (χ1v) is 8.40. The van der Waals surface area contributed by atoms with Gasteiger partial charge in [0.1, 0.15) is 0 Å². The molecule has 2 heterocycles. The summed E-state index contributed by atoms with van der Waals surface area (Å²) in [5, 5.41) is 20.0. The first kappa shape index (κ1) is 16.7. The van der Waals surface area contributed by atoms with Crippen LogP contribution >= 0.6 is 23.7 Å². The summed E-state index contributed by atoms with van der Waals surface area (Å²) in [4.78, 5) is 12.3. The number of carbonyl (C=O) groups is 1. The fourth-order valence-electron chi connectivity index (χ4n) is 3.38. The van der Waals surface area contributed by atoms with Crippen molar-refractivity contribution in [3.05, 3.63) is 22.4 Å². The van der Waals surface area contributed by atoms with Crippen molar-refractivity contribution in [1.29, 1.82) is 0 Å². The molecule has 0 aromatic carbocycles. The molecule has 1 atom stereocenters. The van der Waals surface area contributed by atoms with E-state index < -0.39 is 0 Å².